The van der Waals surface area contributed by atoms with Crippen LogP contribution in [0.2, 0.25) is 0 Å². The molecule has 0 unspecified atom stereocenters. The predicted octanol–water partition coefficient (Wildman–Crippen LogP) is 2.80. The number of aliphatic hydroxyl groups is 1. The summed E-state index contributed by atoms with van der Waals surface area (Å²) in [6.45, 7) is 2.94. The summed E-state index contributed by atoms with van der Waals surface area (Å²) in [6, 6.07) is 1.42. The van der Waals surface area contributed by atoms with E-state index in [-0.39, 0.29) is 22.6 Å². The van der Waals surface area contributed by atoms with Crippen LogP contribution < -0.4 is 10.1 Å². The van der Waals surface area contributed by atoms with E-state index in [2.05, 4.69) is 10.1 Å². The van der Waals surface area contributed by atoms with E-state index in [9.17, 15) is 13.6 Å². The number of halogens is 2. The summed E-state index contributed by atoms with van der Waals surface area (Å²) in [4.78, 5) is 12.9. The van der Waals surface area contributed by atoms with Crippen molar-refractivity contribution in [3.63, 3.8) is 0 Å². The standard InChI is InChI=1S/C13H19F2NO3S/c1-8-6-9(19-12(14)15)10(20-8)11(18)16-7-13(2,3)4-5-17/h6,12,17H,4-5,7H2,1-3H3,(H,16,18). The van der Waals surface area contributed by atoms with Crippen LogP contribution in [0.1, 0.15) is 34.8 Å². The minimum Gasteiger partial charge on any atom is -0.433 e. The molecule has 0 aliphatic rings. The number of ether oxygens (including phenoxy) is 1. The second-order valence-electron chi connectivity index (χ2n) is 5.25. The van der Waals surface area contributed by atoms with Gasteiger partial charge < -0.3 is 15.2 Å². The minimum absolute atomic E-state index is 0.0285. The molecule has 0 radical (unpaired) electrons. The van der Waals surface area contributed by atoms with Gasteiger partial charge in [0.15, 0.2) is 0 Å². The SMILES string of the molecule is Cc1cc(OC(F)F)c(C(=O)NCC(C)(C)CCO)s1. The Labute approximate surface area is 120 Å². The van der Waals surface area contributed by atoms with Crippen LogP contribution in [0.25, 0.3) is 0 Å². The van der Waals surface area contributed by atoms with Crippen LogP contribution in [0.3, 0.4) is 0 Å². The third-order valence-electron chi connectivity index (χ3n) is 2.76. The summed E-state index contributed by atoms with van der Waals surface area (Å²) in [5.74, 6) is -0.537. The Morgan fingerprint density at radius 2 is 2.20 bits per heavy atom. The normalized spacial score (nSPS) is 11.8. The number of aliphatic hydroxyl groups excluding tert-OH is 1. The van der Waals surface area contributed by atoms with Gasteiger partial charge in [-0.2, -0.15) is 8.78 Å². The fourth-order valence-electron chi connectivity index (χ4n) is 1.62. The van der Waals surface area contributed by atoms with Crippen molar-refractivity contribution in [1.29, 1.82) is 0 Å². The van der Waals surface area contributed by atoms with Crippen molar-refractivity contribution in [3.8, 4) is 5.75 Å². The number of alkyl halides is 2. The van der Waals surface area contributed by atoms with E-state index in [1.165, 1.54) is 6.07 Å². The number of hydrogen-bond donors (Lipinski definition) is 2. The van der Waals surface area contributed by atoms with Gasteiger partial charge in [-0.3, -0.25) is 4.79 Å². The number of rotatable bonds is 7. The lowest BCUT2D eigenvalue weighted by atomic mass is 9.90. The zero-order chi connectivity index (χ0) is 15.3. The molecule has 0 aliphatic carbocycles. The topological polar surface area (TPSA) is 58.6 Å². The summed E-state index contributed by atoms with van der Waals surface area (Å²) in [6.07, 6.45) is 0.539. The quantitative estimate of drug-likeness (QED) is 0.814. The maximum absolute atomic E-state index is 12.3. The first-order valence-electron chi connectivity index (χ1n) is 6.19. The van der Waals surface area contributed by atoms with E-state index < -0.39 is 12.5 Å². The number of carbonyl (C=O) groups excluding carboxylic acids is 1. The molecule has 0 aliphatic heterocycles. The van der Waals surface area contributed by atoms with Crippen LogP contribution >= 0.6 is 11.3 Å². The van der Waals surface area contributed by atoms with Gasteiger partial charge in [-0.25, -0.2) is 0 Å². The smallest absolute Gasteiger partial charge is 0.387 e. The Kier molecular flexibility index (Phi) is 5.88. The lowest BCUT2D eigenvalue weighted by Gasteiger charge is -2.23. The molecule has 4 nitrogen and oxygen atoms in total. The Morgan fingerprint density at radius 1 is 1.55 bits per heavy atom. The number of nitrogens with one attached hydrogen (secondary N) is 1. The number of amides is 1. The van der Waals surface area contributed by atoms with Crippen LogP contribution in [0.4, 0.5) is 8.78 Å². The van der Waals surface area contributed by atoms with Crippen molar-refractivity contribution in [1.82, 2.24) is 5.32 Å². The summed E-state index contributed by atoms with van der Waals surface area (Å²) in [5, 5.41) is 11.6. The second kappa shape index (κ2) is 6.99. The van der Waals surface area contributed by atoms with Crippen molar-refractivity contribution in [2.75, 3.05) is 13.2 Å². The number of carbonyl (C=O) groups is 1. The zero-order valence-corrected chi connectivity index (χ0v) is 12.5. The minimum atomic E-state index is -2.96. The molecule has 0 spiro atoms. The molecule has 114 valence electrons. The Balaban J connectivity index is 2.72. The first kappa shape index (κ1) is 16.8. The van der Waals surface area contributed by atoms with Gasteiger partial charge >= 0.3 is 6.61 Å². The molecule has 1 aromatic heterocycles. The third kappa shape index (κ3) is 5.05. The average Bonchev–Trinajstić information content (AvgIpc) is 2.66. The van der Waals surface area contributed by atoms with Gasteiger partial charge in [0.25, 0.3) is 5.91 Å². The van der Waals surface area contributed by atoms with E-state index >= 15 is 0 Å². The molecule has 7 heteroatoms. The maximum atomic E-state index is 12.3. The largest absolute Gasteiger partial charge is 0.433 e. The van der Waals surface area contributed by atoms with Crippen LogP contribution in [-0.2, 0) is 0 Å². The van der Waals surface area contributed by atoms with Crippen LogP contribution in [0.5, 0.6) is 5.75 Å². The molecule has 0 aromatic carbocycles. The van der Waals surface area contributed by atoms with Gasteiger partial charge in [0.05, 0.1) is 0 Å². The highest BCUT2D eigenvalue weighted by atomic mass is 32.1. The molecule has 0 atom stereocenters. The fraction of sp³-hybridized carbons (Fsp3) is 0.615. The van der Waals surface area contributed by atoms with Crippen LogP contribution in [0, 0.1) is 12.3 Å². The van der Waals surface area contributed by atoms with Crippen molar-refractivity contribution >= 4 is 17.2 Å². The lowest BCUT2D eigenvalue weighted by Crippen LogP contribution is -2.34. The summed E-state index contributed by atoms with van der Waals surface area (Å²) < 4.78 is 28.9. The highest BCUT2D eigenvalue weighted by molar-refractivity contribution is 7.14. The Bertz CT molecular complexity index is 460. The molecule has 1 amide bonds. The molecule has 1 aromatic rings. The molecular formula is C13H19F2NO3S. The number of hydrogen-bond acceptors (Lipinski definition) is 4. The van der Waals surface area contributed by atoms with Gasteiger partial charge in [0, 0.05) is 18.0 Å². The zero-order valence-electron chi connectivity index (χ0n) is 11.7. The molecule has 0 fully saturated rings. The van der Waals surface area contributed by atoms with E-state index in [0.717, 1.165) is 16.2 Å². The third-order valence-corrected chi connectivity index (χ3v) is 3.79. The average molecular weight is 307 g/mol. The summed E-state index contributed by atoms with van der Waals surface area (Å²) in [7, 11) is 0. The molecule has 0 saturated heterocycles. The first-order valence-corrected chi connectivity index (χ1v) is 7.01. The van der Waals surface area contributed by atoms with Gasteiger partial charge in [-0.1, -0.05) is 13.8 Å². The van der Waals surface area contributed by atoms with E-state index in [1.54, 1.807) is 6.92 Å². The fourth-order valence-corrected chi connectivity index (χ4v) is 2.48. The van der Waals surface area contributed by atoms with Crippen molar-refractivity contribution in [3.05, 3.63) is 15.8 Å². The number of aryl methyl sites for hydroxylation is 1. The Morgan fingerprint density at radius 3 is 2.75 bits per heavy atom. The van der Waals surface area contributed by atoms with Gasteiger partial charge in [0.2, 0.25) is 0 Å². The molecule has 1 heterocycles. The molecule has 20 heavy (non-hydrogen) atoms. The van der Waals surface area contributed by atoms with Crippen LogP contribution in [-0.4, -0.2) is 30.8 Å². The van der Waals surface area contributed by atoms with Crippen LogP contribution in [0.15, 0.2) is 6.07 Å². The molecular weight excluding hydrogens is 288 g/mol. The molecule has 0 bridgehead atoms. The summed E-state index contributed by atoms with van der Waals surface area (Å²) in [5.41, 5.74) is -0.263. The highest BCUT2D eigenvalue weighted by Gasteiger charge is 2.22. The van der Waals surface area contributed by atoms with Crippen molar-refractivity contribution in [2.45, 2.75) is 33.8 Å². The van der Waals surface area contributed by atoms with E-state index in [0.29, 0.717) is 13.0 Å². The van der Waals surface area contributed by atoms with Crippen molar-refractivity contribution in [2.24, 2.45) is 5.41 Å². The van der Waals surface area contributed by atoms with E-state index in [4.69, 9.17) is 5.11 Å². The number of thiophene rings is 1. The van der Waals surface area contributed by atoms with E-state index in [1.807, 2.05) is 13.8 Å². The molecule has 0 saturated carbocycles. The highest BCUT2D eigenvalue weighted by Crippen LogP contribution is 2.30. The summed E-state index contributed by atoms with van der Waals surface area (Å²) >= 11 is 1.11. The molecule has 2 N–H and O–H groups in total. The Hall–Kier alpha value is -1.21. The lowest BCUT2D eigenvalue weighted by molar-refractivity contribution is -0.0498. The van der Waals surface area contributed by atoms with Gasteiger partial charge in [-0.05, 0) is 24.8 Å². The monoisotopic (exact) mass is 307 g/mol. The van der Waals surface area contributed by atoms with Crippen molar-refractivity contribution < 1.29 is 23.4 Å². The van der Waals surface area contributed by atoms with Gasteiger partial charge in [0.1, 0.15) is 10.6 Å². The van der Waals surface area contributed by atoms with Gasteiger partial charge in [-0.15, -0.1) is 11.3 Å². The molecule has 1 rings (SSSR count). The maximum Gasteiger partial charge on any atom is 0.387 e. The predicted molar refractivity (Wildman–Crippen MR) is 73.5 cm³/mol. The first-order chi connectivity index (χ1) is 9.25. The second-order valence-corrected chi connectivity index (χ2v) is 6.51.